The molecule has 0 aliphatic carbocycles. The van der Waals surface area contributed by atoms with Crippen molar-refractivity contribution >= 4 is 0 Å². The van der Waals surface area contributed by atoms with Gasteiger partial charge in [0.05, 0.1) is 0 Å². The molecule has 0 fully saturated rings. The summed E-state index contributed by atoms with van der Waals surface area (Å²) in [7, 11) is 0. The van der Waals surface area contributed by atoms with Crippen LogP contribution in [-0.2, 0) is 0 Å². The Kier molecular flexibility index (Phi) is 10.1. The molecular formula is C15H33N. The van der Waals surface area contributed by atoms with Crippen molar-refractivity contribution in [1.82, 2.24) is 5.32 Å². The summed E-state index contributed by atoms with van der Waals surface area (Å²) in [4.78, 5) is 0. The minimum atomic E-state index is 0.643. The molecule has 0 amide bonds. The predicted octanol–water partition coefficient (Wildman–Crippen LogP) is 4.62. The van der Waals surface area contributed by atoms with Crippen molar-refractivity contribution in [2.24, 2.45) is 11.8 Å². The van der Waals surface area contributed by atoms with Crippen molar-refractivity contribution in [2.45, 2.75) is 79.2 Å². The second kappa shape index (κ2) is 10.1. The topological polar surface area (TPSA) is 12.0 Å². The molecule has 0 radical (unpaired) electrons. The molecule has 98 valence electrons. The van der Waals surface area contributed by atoms with Crippen molar-refractivity contribution in [3.8, 4) is 0 Å². The number of hydrogen-bond acceptors (Lipinski definition) is 1. The molecule has 1 unspecified atom stereocenters. The van der Waals surface area contributed by atoms with Crippen LogP contribution in [0.3, 0.4) is 0 Å². The second-order valence-electron chi connectivity index (χ2n) is 6.03. The smallest absolute Gasteiger partial charge is 0.00103 e. The molecule has 1 N–H and O–H groups in total. The highest BCUT2D eigenvalue weighted by Crippen LogP contribution is 2.17. The third-order valence-corrected chi connectivity index (χ3v) is 3.16. The van der Waals surface area contributed by atoms with E-state index in [1.807, 2.05) is 0 Å². The van der Waals surface area contributed by atoms with Crippen LogP contribution in [0, 0.1) is 11.8 Å². The maximum atomic E-state index is 3.47. The lowest BCUT2D eigenvalue weighted by Gasteiger charge is -2.13. The molecule has 0 spiro atoms. The van der Waals surface area contributed by atoms with E-state index in [1.165, 1.54) is 45.1 Å². The molecule has 0 aromatic heterocycles. The van der Waals surface area contributed by atoms with Crippen molar-refractivity contribution in [3.63, 3.8) is 0 Å². The lowest BCUT2D eigenvalue weighted by molar-refractivity contribution is 0.410. The van der Waals surface area contributed by atoms with Gasteiger partial charge in [-0.05, 0) is 24.8 Å². The van der Waals surface area contributed by atoms with Gasteiger partial charge in [-0.3, -0.25) is 0 Å². The van der Waals surface area contributed by atoms with Gasteiger partial charge >= 0.3 is 0 Å². The van der Waals surface area contributed by atoms with E-state index >= 15 is 0 Å². The third kappa shape index (κ3) is 12.0. The zero-order valence-corrected chi connectivity index (χ0v) is 12.2. The van der Waals surface area contributed by atoms with Crippen molar-refractivity contribution in [3.05, 3.63) is 0 Å². The molecule has 0 aromatic rings. The average Bonchev–Trinajstić information content (AvgIpc) is 2.19. The minimum Gasteiger partial charge on any atom is -0.315 e. The van der Waals surface area contributed by atoms with Crippen molar-refractivity contribution < 1.29 is 0 Å². The molecule has 1 atom stereocenters. The van der Waals surface area contributed by atoms with E-state index in [0.717, 1.165) is 11.8 Å². The van der Waals surface area contributed by atoms with E-state index in [4.69, 9.17) is 0 Å². The van der Waals surface area contributed by atoms with E-state index in [9.17, 15) is 0 Å². The molecule has 0 rings (SSSR count). The van der Waals surface area contributed by atoms with E-state index in [0.29, 0.717) is 6.04 Å². The molecule has 1 nitrogen and oxygen atoms in total. The van der Waals surface area contributed by atoms with Crippen LogP contribution in [0.4, 0.5) is 0 Å². The Morgan fingerprint density at radius 2 is 1.44 bits per heavy atom. The Hall–Kier alpha value is -0.0400. The summed E-state index contributed by atoms with van der Waals surface area (Å²) in [5.74, 6) is 1.80. The van der Waals surface area contributed by atoms with Crippen LogP contribution < -0.4 is 5.32 Å². The van der Waals surface area contributed by atoms with Crippen LogP contribution in [0.5, 0.6) is 0 Å². The number of nitrogens with one attached hydrogen (secondary N) is 1. The molecule has 0 saturated carbocycles. The molecule has 0 bridgehead atoms. The summed E-state index contributed by atoms with van der Waals surface area (Å²) >= 11 is 0. The first-order chi connectivity index (χ1) is 7.52. The van der Waals surface area contributed by atoms with Gasteiger partial charge in [0.1, 0.15) is 0 Å². The first-order valence-electron chi connectivity index (χ1n) is 7.25. The fraction of sp³-hybridized carbons (Fsp3) is 1.00. The first-order valence-corrected chi connectivity index (χ1v) is 7.25. The third-order valence-electron chi connectivity index (χ3n) is 3.16. The molecule has 1 heteroatoms. The van der Waals surface area contributed by atoms with E-state index < -0.39 is 0 Å². The number of hydrogen-bond donors (Lipinski definition) is 1. The molecule has 0 aliphatic heterocycles. The SMILES string of the molecule is CC(C)CCC(C)CCCCCNC(C)C. The quantitative estimate of drug-likeness (QED) is 0.537. The van der Waals surface area contributed by atoms with Gasteiger partial charge < -0.3 is 5.32 Å². The summed E-state index contributed by atoms with van der Waals surface area (Å²) in [6.07, 6.45) is 8.40. The molecular weight excluding hydrogens is 194 g/mol. The fourth-order valence-electron chi connectivity index (χ4n) is 1.95. The van der Waals surface area contributed by atoms with Crippen LogP contribution in [0.15, 0.2) is 0 Å². The monoisotopic (exact) mass is 227 g/mol. The largest absolute Gasteiger partial charge is 0.315 e. The van der Waals surface area contributed by atoms with Gasteiger partial charge in [-0.15, -0.1) is 0 Å². The Morgan fingerprint density at radius 3 is 2.00 bits per heavy atom. The fourth-order valence-corrected chi connectivity index (χ4v) is 1.95. The van der Waals surface area contributed by atoms with Crippen molar-refractivity contribution in [1.29, 1.82) is 0 Å². The van der Waals surface area contributed by atoms with Gasteiger partial charge in [-0.2, -0.15) is 0 Å². The Balaban J connectivity index is 3.18. The summed E-state index contributed by atoms with van der Waals surface area (Å²) in [5, 5.41) is 3.47. The van der Waals surface area contributed by atoms with Crippen LogP contribution in [0.1, 0.15) is 73.1 Å². The second-order valence-corrected chi connectivity index (χ2v) is 6.03. The maximum absolute atomic E-state index is 3.47. The number of rotatable bonds is 10. The van der Waals surface area contributed by atoms with Gasteiger partial charge in [0.25, 0.3) is 0 Å². The highest BCUT2D eigenvalue weighted by molar-refractivity contribution is 4.58. The normalized spacial score (nSPS) is 13.7. The first kappa shape index (κ1) is 16.0. The van der Waals surface area contributed by atoms with E-state index in [-0.39, 0.29) is 0 Å². The zero-order chi connectivity index (χ0) is 12.4. The van der Waals surface area contributed by atoms with Gasteiger partial charge in [0.15, 0.2) is 0 Å². The molecule has 0 aromatic carbocycles. The molecule has 0 heterocycles. The highest BCUT2D eigenvalue weighted by atomic mass is 14.9. The standard InChI is InChI=1S/C15H33N/c1-13(2)10-11-15(5)9-7-6-8-12-16-14(3)4/h13-16H,6-12H2,1-5H3. The molecule has 0 aliphatic rings. The average molecular weight is 227 g/mol. The van der Waals surface area contributed by atoms with Gasteiger partial charge in [0.2, 0.25) is 0 Å². The van der Waals surface area contributed by atoms with Crippen LogP contribution in [0.2, 0.25) is 0 Å². The lowest BCUT2D eigenvalue weighted by atomic mass is 9.94. The van der Waals surface area contributed by atoms with E-state index in [2.05, 4.69) is 39.9 Å². The molecule has 0 saturated heterocycles. The zero-order valence-electron chi connectivity index (χ0n) is 12.2. The summed E-state index contributed by atoms with van der Waals surface area (Å²) in [5.41, 5.74) is 0. The minimum absolute atomic E-state index is 0.643. The van der Waals surface area contributed by atoms with Gasteiger partial charge in [-0.1, -0.05) is 66.7 Å². The summed E-state index contributed by atoms with van der Waals surface area (Å²) < 4.78 is 0. The predicted molar refractivity (Wildman–Crippen MR) is 74.8 cm³/mol. The van der Waals surface area contributed by atoms with Crippen molar-refractivity contribution in [2.75, 3.05) is 6.54 Å². The number of unbranched alkanes of at least 4 members (excludes halogenated alkanes) is 2. The van der Waals surface area contributed by atoms with Crippen LogP contribution in [-0.4, -0.2) is 12.6 Å². The Morgan fingerprint density at radius 1 is 0.750 bits per heavy atom. The Labute approximate surface area is 103 Å². The van der Waals surface area contributed by atoms with E-state index in [1.54, 1.807) is 0 Å². The van der Waals surface area contributed by atoms with Crippen LogP contribution >= 0.6 is 0 Å². The molecule has 16 heavy (non-hydrogen) atoms. The summed E-state index contributed by atoms with van der Waals surface area (Å²) in [6, 6.07) is 0.643. The lowest BCUT2D eigenvalue weighted by Crippen LogP contribution is -2.23. The highest BCUT2D eigenvalue weighted by Gasteiger charge is 2.03. The Bertz CT molecular complexity index is 140. The van der Waals surface area contributed by atoms with Gasteiger partial charge in [0, 0.05) is 6.04 Å². The maximum Gasteiger partial charge on any atom is 0.00103 e. The summed E-state index contributed by atoms with van der Waals surface area (Å²) in [6.45, 7) is 12.7. The van der Waals surface area contributed by atoms with Gasteiger partial charge in [-0.25, -0.2) is 0 Å². The van der Waals surface area contributed by atoms with Crippen LogP contribution in [0.25, 0.3) is 0 Å².